The van der Waals surface area contributed by atoms with E-state index in [2.05, 4.69) is 96.5 Å². The topological polar surface area (TPSA) is 140 Å². The summed E-state index contributed by atoms with van der Waals surface area (Å²) in [7, 11) is -4.80. The first-order chi connectivity index (χ1) is 25.7. The van der Waals surface area contributed by atoms with Crippen molar-refractivity contribution >= 4 is 19.8 Å². The molecule has 0 saturated heterocycles. The first kappa shape index (κ1) is 49.7. The highest BCUT2D eigenvalue weighted by molar-refractivity contribution is 7.46. The van der Waals surface area contributed by atoms with Gasteiger partial charge in [0.05, 0.1) is 12.7 Å². The molecule has 0 aromatic rings. The molecule has 0 saturated carbocycles. The lowest BCUT2D eigenvalue weighted by atomic mass is 10.1. The molecular formula is C43H67O9P. The third kappa shape index (κ3) is 39.7. The predicted octanol–water partition coefficient (Wildman–Crippen LogP) is 10.6. The molecule has 0 aliphatic carbocycles. The Morgan fingerprint density at radius 1 is 0.566 bits per heavy atom. The van der Waals surface area contributed by atoms with Crippen molar-refractivity contribution in [2.24, 2.45) is 0 Å². The van der Waals surface area contributed by atoms with Crippen LogP contribution in [0.5, 0.6) is 0 Å². The highest BCUT2D eigenvalue weighted by Crippen LogP contribution is 2.35. The molecule has 0 bridgehead atoms. The van der Waals surface area contributed by atoms with Gasteiger partial charge in [0.25, 0.3) is 0 Å². The van der Waals surface area contributed by atoms with E-state index in [4.69, 9.17) is 19.3 Å². The predicted molar refractivity (Wildman–Crippen MR) is 217 cm³/mol. The van der Waals surface area contributed by atoms with Crippen LogP contribution in [0.4, 0.5) is 0 Å². The number of phosphoric ester groups is 1. The van der Waals surface area contributed by atoms with E-state index < -0.39 is 32.5 Å². The number of unbranched alkanes of at least 4 members (excludes halogenated alkanes) is 2. The lowest BCUT2D eigenvalue weighted by Gasteiger charge is -2.18. The summed E-state index contributed by atoms with van der Waals surface area (Å²) in [6.45, 7) is 3.17. The van der Waals surface area contributed by atoms with Crippen LogP contribution < -0.4 is 0 Å². The number of phosphoric acid groups is 1. The molecule has 0 unspecified atom stereocenters. The second kappa shape index (κ2) is 37.0. The zero-order valence-electron chi connectivity index (χ0n) is 32.2. The van der Waals surface area contributed by atoms with Crippen molar-refractivity contribution in [3.63, 3.8) is 0 Å². The Morgan fingerprint density at radius 3 is 1.38 bits per heavy atom. The Balaban J connectivity index is 4.20. The van der Waals surface area contributed by atoms with Crippen LogP contribution in [0.25, 0.3) is 0 Å². The first-order valence-corrected chi connectivity index (χ1v) is 20.8. The van der Waals surface area contributed by atoms with Crippen LogP contribution in [0.1, 0.15) is 123 Å². The first-order valence-electron chi connectivity index (χ1n) is 19.3. The maximum absolute atomic E-state index is 12.4. The van der Waals surface area contributed by atoms with Gasteiger partial charge in [0.15, 0.2) is 6.10 Å². The molecule has 0 amide bonds. The van der Waals surface area contributed by atoms with E-state index in [1.807, 2.05) is 31.2 Å². The summed E-state index contributed by atoms with van der Waals surface area (Å²) in [5.41, 5.74) is 0. The average molecular weight is 759 g/mol. The van der Waals surface area contributed by atoms with Crippen LogP contribution in [-0.2, 0) is 28.2 Å². The summed E-state index contributed by atoms with van der Waals surface area (Å²) in [5, 5.41) is 9.53. The standard InChI is InChI=1S/C43H67O9P/c1-3-5-6-7-8-9-10-11-12-13-14-19-22-25-28-31-34-37-43(46)52-41(39-51-53(47,48)49)38-50-42(45)36-33-30-27-24-21-18-16-15-17-20-23-26-29-32-35-40(44)4-2/h5-6,8-9,11-12,14,16-20,24-29,40-41,44H,3-4,7,10,13,15,21-23,30-39H2,1-2H3,(H2,47,48,49)/b6-5-,9-8-,12-11-,18-16-,19-14-,20-17-,27-24-,28-25-,29-26-/t40-,41+/m0/s1. The fourth-order valence-corrected chi connectivity index (χ4v) is 4.80. The number of hydrogen-bond acceptors (Lipinski definition) is 7. The van der Waals surface area contributed by atoms with Gasteiger partial charge in [-0.15, -0.1) is 0 Å². The molecule has 0 fully saturated rings. The normalized spacial score (nSPS) is 14.3. The number of rotatable bonds is 33. The second-order valence-corrected chi connectivity index (χ2v) is 13.5. The second-order valence-electron chi connectivity index (χ2n) is 12.3. The lowest BCUT2D eigenvalue weighted by Crippen LogP contribution is -2.29. The minimum Gasteiger partial charge on any atom is -0.462 e. The van der Waals surface area contributed by atoms with Crippen LogP contribution in [0, 0.1) is 0 Å². The van der Waals surface area contributed by atoms with Crippen LogP contribution in [0.3, 0.4) is 0 Å². The molecule has 0 aromatic heterocycles. The van der Waals surface area contributed by atoms with Crippen LogP contribution in [0.15, 0.2) is 109 Å². The largest absolute Gasteiger partial charge is 0.469 e. The Labute approximate surface area is 319 Å². The number of aliphatic hydroxyl groups is 1. The lowest BCUT2D eigenvalue weighted by molar-refractivity contribution is -0.161. The van der Waals surface area contributed by atoms with E-state index in [9.17, 15) is 19.3 Å². The zero-order chi connectivity index (χ0) is 39.1. The SMILES string of the molecule is CC/C=C\C/C=C\C/C=C\C/C=C\C/C=C\CCCC(=O)O[C@H](COC(=O)CCC/C=C\C/C=C\C/C=C\C/C=C\CC[C@@H](O)CC)COP(=O)(O)O. The molecular weight excluding hydrogens is 691 g/mol. The number of ether oxygens (including phenoxy) is 2. The van der Waals surface area contributed by atoms with E-state index in [0.717, 1.165) is 70.6 Å². The van der Waals surface area contributed by atoms with E-state index in [0.29, 0.717) is 25.7 Å². The average Bonchev–Trinajstić information content (AvgIpc) is 3.13. The number of hydrogen-bond donors (Lipinski definition) is 3. The van der Waals surface area contributed by atoms with Crippen molar-refractivity contribution < 1.29 is 43.0 Å². The Morgan fingerprint density at radius 2 is 0.962 bits per heavy atom. The summed E-state index contributed by atoms with van der Waals surface area (Å²) in [6, 6.07) is 0. The van der Waals surface area contributed by atoms with Gasteiger partial charge in [-0.2, -0.15) is 0 Å². The van der Waals surface area contributed by atoms with E-state index in [-0.39, 0.29) is 25.6 Å². The van der Waals surface area contributed by atoms with Crippen molar-refractivity contribution in [1.29, 1.82) is 0 Å². The quantitative estimate of drug-likeness (QED) is 0.0258. The van der Waals surface area contributed by atoms with Gasteiger partial charge < -0.3 is 24.4 Å². The summed E-state index contributed by atoms with van der Waals surface area (Å²) in [6.07, 6.45) is 49.1. The highest BCUT2D eigenvalue weighted by Gasteiger charge is 2.22. The zero-order valence-corrected chi connectivity index (χ0v) is 33.1. The van der Waals surface area contributed by atoms with Gasteiger partial charge in [-0.05, 0) is 96.3 Å². The molecule has 10 heteroatoms. The third-order valence-corrected chi connectivity index (χ3v) is 7.92. The van der Waals surface area contributed by atoms with Gasteiger partial charge in [-0.1, -0.05) is 123 Å². The molecule has 0 aliphatic heterocycles. The molecule has 0 radical (unpaired) electrons. The fourth-order valence-electron chi connectivity index (χ4n) is 4.44. The van der Waals surface area contributed by atoms with Crippen LogP contribution in [0.2, 0.25) is 0 Å². The van der Waals surface area contributed by atoms with Gasteiger partial charge in [-0.3, -0.25) is 14.1 Å². The van der Waals surface area contributed by atoms with Crippen LogP contribution in [-0.4, -0.2) is 52.3 Å². The van der Waals surface area contributed by atoms with Gasteiger partial charge in [-0.25, -0.2) is 4.57 Å². The number of esters is 2. The van der Waals surface area contributed by atoms with Gasteiger partial charge >= 0.3 is 19.8 Å². The Kier molecular flexibility index (Phi) is 34.7. The summed E-state index contributed by atoms with van der Waals surface area (Å²) < 4.78 is 26.2. The van der Waals surface area contributed by atoms with Gasteiger partial charge in [0.2, 0.25) is 0 Å². The summed E-state index contributed by atoms with van der Waals surface area (Å²) >= 11 is 0. The van der Waals surface area contributed by atoms with Crippen molar-refractivity contribution in [1.82, 2.24) is 0 Å². The van der Waals surface area contributed by atoms with Gasteiger partial charge in [0, 0.05) is 12.8 Å². The number of aliphatic hydroxyl groups excluding tert-OH is 1. The molecule has 298 valence electrons. The Hall–Kier alpha value is -3.33. The maximum Gasteiger partial charge on any atom is 0.469 e. The fraction of sp³-hybridized carbons (Fsp3) is 0.535. The number of carbonyl (C=O) groups is 2. The Bertz CT molecular complexity index is 1230. The molecule has 53 heavy (non-hydrogen) atoms. The van der Waals surface area contributed by atoms with Crippen LogP contribution >= 0.6 is 7.82 Å². The monoisotopic (exact) mass is 758 g/mol. The summed E-state index contributed by atoms with van der Waals surface area (Å²) in [5.74, 6) is -1.05. The molecule has 0 aliphatic rings. The number of carbonyl (C=O) groups excluding carboxylic acids is 2. The molecule has 0 heterocycles. The van der Waals surface area contributed by atoms with E-state index in [1.165, 1.54) is 0 Å². The molecule has 0 rings (SSSR count). The minimum atomic E-state index is -4.80. The molecule has 3 N–H and O–H groups in total. The van der Waals surface area contributed by atoms with Crippen molar-refractivity contribution in [3.05, 3.63) is 109 Å². The number of allylic oxidation sites excluding steroid dienone is 18. The molecule has 9 nitrogen and oxygen atoms in total. The molecule has 0 aromatic carbocycles. The minimum absolute atomic E-state index is 0.108. The molecule has 0 spiro atoms. The van der Waals surface area contributed by atoms with E-state index in [1.54, 1.807) is 0 Å². The highest BCUT2D eigenvalue weighted by atomic mass is 31.2. The summed E-state index contributed by atoms with van der Waals surface area (Å²) in [4.78, 5) is 42.7. The molecule has 2 atom stereocenters. The third-order valence-electron chi connectivity index (χ3n) is 7.44. The van der Waals surface area contributed by atoms with Crippen molar-refractivity contribution in [2.75, 3.05) is 13.2 Å². The van der Waals surface area contributed by atoms with Crippen molar-refractivity contribution in [2.45, 2.75) is 135 Å². The maximum atomic E-state index is 12.4. The van der Waals surface area contributed by atoms with Crippen molar-refractivity contribution in [3.8, 4) is 0 Å². The van der Waals surface area contributed by atoms with Gasteiger partial charge in [0.1, 0.15) is 6.61 Å². The van der Waals surface area contributed by atoms with E-state index >= 15 is 0 Å². The smallest absolute Gasteiger partial charge is 0.462 e.